The van der Waals surface area contributed by atoms with Crippen molar-refractivity contribution in [3.63, 3.8) is 0 Å². The molecule has 0 aliphatic rings. The van der Waals surface area contributed by atoms with Gasteiger partial charge in [-0.15, -0.1) is 0 Å². The Hall–Kier alpha value is -3.94. The van der Waals surface area contributed by atoms with Gasteiger partial charge < -0.3 is 9.26 Å². The van der Waals surface area contributed by atoms with Crippen LogP contribution in [0.1, 0.15) is 17.0 Å². The van der Waals surface area contributed by atoms with E-state index in [4.69, 9.17) is 9.26 Å². The van der Waals surface area contributed by atoms with Crippen molar-refractivity contribution in [2.45, 2.75) is 20.4 Å². The summed E-state index contributed by atoms with van der Waals surface area (Å²) in [5.74, 6) is 1.34. The van der Waals surface area contributed by atoms with E-state index in [0.717, 1.165) is 22.4 Å². The molecule has 2 aromatic heterocycles. The Balaban J connectivity index is 1.63. The summed E-state index contributed by atoms with van der Waals surface area (Å²) in [7, 11) is 1.59. The molecule has 152 valence electrons. The van der Waals surface area contributed by atoms with Crippen LogP contribution >= 0.6 is 0 Å². The highest BCUT2D eigenvalue weighted by atomic mass is 16.5. The topological polar surface area (TPSA) is 92.2 Å². The molecule has 0 atom stereocenters. The molecule has 4 rings (SSSR count). The molecule has 0 fully saturated rings. The van der Waals surface area contributed by atoms with Crippen LogP contribution in [-0.2, 0) is 6.54 Å². The van der Waals surface area contributed by atoms with Gasteiger partial charge in [0.25, 0.3) is 0 Å². The van der Waals surface area contributed by atoms with E-state index in [9.17, 15) is 9.59 Å². The van der Waals surface area contributed by atoms with Gasteiger partial charge in [0, 0.05) is 18.0 Å². The van der Waals surface area contributed by atoms with Crippen LogP contribution in [0, 0.1) is 13.8 Å². The van der Waals surface area contributed by atoms with Crippen molar-refractivity contribution >= 4 is 0 Å². The molecule has 0 radical (unpaired) electrons. The predicted molar refractivity (Wildman–Crippen MR) is 111 cm³/mol. The highest BCUT2D eigenvalue weighted by molar-refractivity contribution is 5.55. The Kier molecular flexibility index (Phi) is 5.05. The Bertz CT molecular complexity index is 1300. The number of ether oxygens (including phenoxy) is 1. The zero-order valence-corrected chi connectivity index (χ0v) is 16.8. The Morgan fingerprint density at radius 1 is 0.967 bits per heavy atom. The molecule has 2 heterocycles. The fraction of sp³-hybridized carbons (Fsp3) is 0.182. The van der Waals surface area contributed by atoms with Crippen LogP contribution in [0.4, 0.5) is 0 Å². The van der Waals surface area contributed by atoms with Crippen molar-refractivity contribution in [1.29, 1.82) is 0 Å². The monoisotopic (exact) mass is 404 g/mol. The average Bonchev–Trinajstić information content (AvgIpc) is 3.21. The fourth-order valence-corrected chi connectivity index (χ4v) is 3.32. The Labute approximate surface area is 172 Å². The highest BCUT2D eigenvalue weighted by Crippen LogP contribution is 2.20. The molecule has 4 aromatic rings. The number of hydrogen-bond acceptors (Lipinski definition) is 6. The van der Waals surface area contributed by atoms with Gasteiger partial charge in [0.05, 0.1) is 12.8 Å². The summed E-state index contributed by atoms with van der Waals surface area (Å²) >= 11 is 0. The number of benzene rings is 2. The predicted octanol–water partition coefficient (Wildman–Crippen LogP) is 2.72. The molecule has 0 bridgehead atoms. The van der Waals surface area contributed by atoms with Gasteiger partial charge in [-0.3, -0.25) is 18.7 Å². The Morgan fingerprint density at radius 2 is 1.67 bits per heavy atom. The third kappa shape index (κ3) is 3.55. The first-order chi connectivity index (χ1) is 14.5. The molecular weight excluding hydrogens is 384 g/mol. The molecule has 0 saturated carbocycles. The van der Waals surface area contributed by atoms with Crippen LogP contribution in [0.25, 0.3) is 17.1 Å². The maximum Gasteiger partial charge on any atom is 0.321 e. The molecule has 0 aliphatic heterocycles. The molecule has 0 amide bonds. The van der Waals surface area contributed by atoms with E-state index in [0.29, 0.717) is 11.5 Å². The minimum Gasteiger partial charge on any atom is -0.497 e. The highest BCUT2D eigenvalue weighted by Gasteiger charge is 2.14. The molecular formula is C22H20N4O4. The van der Waals surface area contributed by atoms with Gasteiger partial charge >= 0.3 is 11.1 Å². The van der Waals surface area contributed by atoms with E-state index < -0.39 is 11.1 Å². The van der Waals surface area contributed by atoms with Gasteiger partial charge in [-0.25, -0.2) is 0 Å². The van der Waals surface area contributed by atoms with E-state index in [1.165, 1.54) is 9.13 Å². The third-order valence-electron chi connectivity index (χ3n) is 4.86. The zero-order valence-electron chi connectivity index (χ0n) is 16.8. The number of aryl methyl sites for hydroxylation is 2. The summed E-state index contributed by atoms with van der Waals surface area (Å²) in [5.41, 5.74) is 2.00. The average molecular weight is 404 g/mol. The number of para-hydroxylation sites is 1. The molecule has 0 spiro atoms. The van der Waals surface area contributed by atoms with E-state index in [2.05, 4.69) is 10.1 Å². The lowest BCUT2D eigenvalue weighted by molar-refractivity contribution is 0.369. The van der Waals surface area contributed by atoms with Gasteiger partial charge in [-0.1, -0.05) is 23.4 Å². The van der Waals surface area contributed by atoms with Crippen LogP contribution < -0.4 is 15.9 Å². The number of hydrogen-bond donors (Lipinski definition) is 0. The molecule has 0 unspecified atom stereocenters. The molecule has 0 N–H and O–H groups in total. The molecule has 8 heteroatoms. The number of nitrogens with zero attached hydrogens (tertiary/aromatic N) is 4. The minimum absolute atomic E-state index is 0.00478. The van der Waals surface area contributed by atoms with Gasteiger partial charge in [-0.2, -0.15) is 4.98 Å². The maximum absolute atomic E-state index is 12.7. The normalized spacial score (nSPS) is 10.9. The largest absolute Gasteiger partial charge is 0.497 e. The number of aromatic nitrogens is 4. The standard InChI is InChI=1S/C22H20N4O4/c1-14-5-4-6-15(2)19(14)26-12-11-25(21(27)22(26)28)13-18-23-20(24-30-18)16-7-9-17(29-3)10-8-16/h4-12H,13H2,1-3H3. The lowest BCUT2D eigenvalue weighted by Gasteiger charge is -2.12. The lowest BCUT2D eigenvalue weighted by atomic mass is 10.1. The molecule has 0 saturated heterocycles. The van der Waals surface area contributed by atoms with E-state index in [-0.39, 0.29) is 12.4 Å². The summed E-state index contributed by atoms with van der Waals surface area (Å²) in [4.78, 5) is 29.7. The van der Waals surface area contributed by atoms with Crippen molar-refractivity contribution in [3.8, 4) is 22.8 Å². The summed E-state index contributed by atoms with van der Waals surface area (Å²) < 4.78 is 13.0. The molecule has 0 aliphatic carbocycles. The second-order valence-electron chi connectivity index (χ2n) is 6.89. The minimum atomic E-state index is -0.663. The first-order valence-corrected chi connectivity index (χ1v) is 9.33. The summed E-state index contributed by atoms with van der Waals surface area (Å²) in [6, 6.07) is 12.9. The first-order valence-electron chi connectivity index (χ1n) is 9.33. The van der Waals surface area contributed by atoms with Crippen LogP contribution in [0.3, 0.4) is 0 Å². The van der Waals surface area contributed by atoms with E-state index in [1.807, 2.05) is 44.2 Å². The first kappa shape index (κ1) is 19.4. The molecule has 30 heavy (non-hydrogen) atoms. The smallest absolute Gasteiger partial charge is 0.321 e. The Morgan fingerprint density at radius 3 is 2.33 bits per heavy atom. The SMILES string of the molecule is COc1ccc(-c2noc(Cn3ccn(-c4c(C)cccc4C)c(=O)c3=O)n2)cc1. The summed E-state index contributed by atoms with van der Waals surface area (Å²) in [6.07, 6.45) is 3.13. The van der Waals surface area contributed by atoms with Crippen LogP contribution in [0.5, 0.6) is 5.75 Å². The van der Waals surface area contributed by atoms with Gasteiger partial charge in [0.15, 0.2) is 0 Å². The van der Waals surface area contributed by atoms with E-state index in [1.54, 1.807) is 31.6 Å². The fourth-order valence-electron chi connectivity index (χ4n) is 3.32. The molecule has 2 aromatic carbocycles. The van der Waals surface area contributed by atoms with Gasteiger partial charge in [-0.05, 0) is 49.2 Å². The van der Waals surface area contributed by atoms with Crippen molar-refractivity contribution in [1.82, 2.24) is 19.3 Å². The zero-order chi connectivity index (χ0) is 21.3. The lowest BCUT2D eigenvalue weighted by Crippen LogP contribution is -2.40. The van der Waals surface area contributed by atoms with Crippen LogP contribution in [-0.4, -0.2) is 26.4 Å². The third-order valence-corrected chi connectivity index (χ3v) is 4.86. The van der Waals surface area contributed by atoms with Gasteiger partial charge in [0.2, 0.25) is 11.7 Å². The van der Waals surface area contributed by atoms with Crippen molar-refractivity contribution in [2.24, 2.45) is 0 Å². The number of rotatable bonds is 5. The quantitative estimate of drug-likeness (QED) is 0.475. The van der Waals surface area contributed by atoms with E-state index >= 15 is 0 Å². The van der Waals surface area contributed by atoms with Crippen molar-refractivity contribution in [3.05, 3.63) is 92.6 Å². The number of methoxy groups -OCH3 is 1. The van der Waals surface area contributed by atoms with Crippen molar-refractivity contribution in [2.75, 3.05) is 7.11 Å². The van der Waals surface area contributed by atoms with Crippen LogP contribution in [0.2, 0.25) is 0 Å². The van der Waals surface area contributed by atoms with Gasteiger partial charge in [0.1, 0.15) is 12.3 Å². The molecule has 8 nitrogen and oxygen atoms in total. The summed E-state index contributed by atoms with van der Waals surface area (Å²) in [6.45, 7) is 3.81. The second-order valence-corrected chi connectivity index (χ2v) is 6.89. The maximum atomic E-state index is 12.7. The second kappa shape index (κ2) is 7.82. The van der Waals surface area contributed by atoms with Crippen LogP contribution in [0.15, 0.2) is 69.0 Å². The van der Waals surface area contributed by atoms with Crippen molar-refractivity contribution < 1.29 is 9.26 Å². The summed E-state index contributed by atoms with van der Waals surface area (Å²) in [5, 5.41) is 3.95.